The fourth-order valence-electron chi connectivity index (χ4n) is 2.60. The minimum Gasteiger partial charge on any atom is -0.377 e. The minimum absolute atomic E-state index is 0.0446. The molecule has 7 heteroatoms. The second kappa shape index (κ2) is 5.97. The number of nitro benzene ring substituents is 1. The molecular weight excluding hydrogens is 286 g/mol. The van der Waals surface area contributed by atoms with Gasteiger partial charge in [0.2, 0.25) is 0 Å². The summed E-state index contributed by atoms with van der Waals surface area (Å²) in [5, 5.41) is 14.7. The van der Waals surface area contributed by atoms with E-state index in [-0.39, 0.29) is 5.69 Å². The fourth-order valence-corrected chi connectivity index (χ4v) is 2.60. The molecule has 2 heterocycles. The average molecular weight is 301 g/mol. The Kier molecular flexibility index (Phi) is 3.86. The Bertz CT molecular complexity index is 675. The van der Waals surface area contributed by atoms with Crippen LogP contribution in [0.25, 0.3) is 0 Å². The van der Waals surface area contributed by atoms with E-state index in [9.17, 15) is 14.9 Å². The van der Waals surface area contributed by atoms with Gasteiger partial charge in [-0.1, -0.05) is 17.3 Å². The Morgan fingerprint density at radius 2 is 2.05 bits per heavy atom. The molecule has 0 atom stereocenters. The molecule has 1 aromatic carbocycles. The standard InChI is InChI=1S/C15H15N3O4/c19-15-13(10-17-7-2-1-3-8-17)14(16-22-15)11-5-4-6-12(9-11)18(20)21/h4-6,9-10H,1-3,7-8H2. The topological polar surface area (TPSA) is 85.0 Å². The highest BCUT2D eigenvalue weighted by Crippen LogP contribution is 2.22. The molecule has 7 nitrogen and oxygen atoms in total. The molecule has 0 amide bonds. The number of nitrogens with zero attached hydrogens (tertiary/aromatic N) is 3. The van der Waals surface area contributed by atoms with E-state index in [0.29, 0.717) is 16.8 Å². The van der Waals surface area contributed by atoms with Crippen molar-refractivity contribution in [3.05, 3.63) is 51.7 Å². The molecule has 0 aromatic heterocycles. The average Bonchev–Trinajstić information content (AvgIpc) is 2.89. The monoisotopic (exact) mass is 301 g/mol. The number of oxime groups is 1. The summed E-state index contributed by atoms with van der Waals surface area (Å²) in [4.78, 5) is 29.1. The highest BCUT2D eigenvalue weighted by Gasteiger charge is 2.28. The third-order valence-electron chi connectivity index (χ3n) is 3.73. The van der Waals surface area contributed by atoms with E-state index in [4.69, 9.17) is 4.84 Å². The van der Waals surface area contributed by atoms with Crippen LogP contribution < -0.4 is 0 Å². The van der Waals surface area contributed by atoms with E-state index in [1.165, 1.54) is 18.6 Å². The lowest BCUT2D eigenvalue weighted by Crippen LogP contribution is -2.26. The Morgan fingerprint density at radius 3 is 2.77 bits per heavy atom. The van der Waals surface area contributed by atoms with Crippen LogP contribution in [0.5, 0.6) is 0 Å². The number of hydrogen-bond acceptors (Lipinski definition) is 6. The molecule has 1 saturated heterocycles. The van der Waals surface area contributed by atoms with Gasteiger partial charge in [-0.2, -0.15) is 0 Å². The molecule has 0 saturated carbocycles. The summed E-state index contributed by atoms with van der Waals surface area (Å²) in [7, 11) is 0. The van der Waals surface area contributed by atoms with Gasteiger partial charge in [0.1, 0.15) is 11.3 Å². The number of likely N-dealkylation sites (tertiary alicyclic amines) is 1. The zero-order valence-electron chi connectivity index (χ0n) is 11.9. The SMILES string of the molecule is O=C1ON=C(c2cccc([N+](=O)[O-])c2)C1=CN1CCCCC1. The first-order valence-corrected chi connectivity index (χ1v) is 7.15. The highest BCUT2D eigenvalue weighted by molar-refractivity contribution is 6.28. The molecule has 2 aliphatic heterocycles. The van der Waals surface area contributed by atoms with Crippen molar-refractivity contribution in [1.82, 2.24) is 4.90 Å². The first-order valence-electron chi connectivity index (χ1n) is 7.15. The van der Waals surface area contributed by atoms with Crippen molar-refractivity contribution in [3.63, 3.8) is 0 Å². The highest BCUT2D eigenvalue weighted by atomic mass is 16.7. The van der Waals surface area contributed by atoms with Gasteiger partial charge in [0, 0.05) is 37.0 Å². The van der Waals surface area contributed by atoms with Crippen LogP contribution in [0, 0.1) is 10.1 Å². The lowest BCUT2D eigenvalue weighted by Gasteiger charge is -2.25. The van der Waals surface area contributed by atoms with E-state index in [0.717, 1.165) is 25.9 Å². The summed E-state index contributed by atoms with van der Waals surface area (Å²) in [6.07, 6.45) is 5.12. The molecule has 0 unspecified atom stereocenters. The first kappa shape index (κ1) is 14.2. The smallest absolute Gasteiger partial charge is 0.369 e. The number of benzene rings is 1. The number of nitro groups is 1. The summed E-state index contributed by atoms with van der Waals surface area (Å²) < 4.78 is 0. The van der Waals surface area contributed by atoms with Crippen LogP contribution in [-0.4, -0.2) is 34.6 Å². The second-order valence-electron chi connectivity index (χ2n) is 5.27. The van der Waals surface area contributed by atoms with E-state index in [2.05, 4.69) is 10.1 Å². The van der Waals surface area contributed by atoms with Crippen molar-refractivity contribution < 1.29 is 14.6 Å². The Morgan fingerprint density at radius 1 is 1.27 bits per heavy atom. The molecule has 1 aromatic rings. The van der Waals surface area contributed by atoms with E-state index in [1.807, 2.05) is 0 Å². The quantitative estimate of drug-likeness (QED) is 0.370. The zero-order valence-corrected chi connectivity index (χ0v) is 11.9. The predicted molar refractivity (Wildman–Crippen MR) is 79.2 cm³/mol. The van der Waals surface area contributed by atoms with Crippen LogP contribution >= 0.6 is 0 Å². The molecule has 0 aliphatic carbocycles. The van der Waals surface area contributed by atoms with Crippen molar-refractivity contribution >= 4 is 17.4 Å². The molecule has 3 rings (SSSR count). The molecule has 0 bridgehead atoms. The third-order valence-corrected chi connectivity index (χ3v) is 3.73. The fraction of sp³-hybridized carbons (Fsp3) is 0.333. The van der Waals surface area contributed by atoms with Gasteiger partial charge in [-0.15, -0.1) is 0 Å². The molecule has 2 aliphatic rings. The normalized spacial score (nSPS) is 20.0. The minimum atomic E-state index is -0.521. The predicted octanol–water partition coefficient (Wildman–Crippen LogP) is 2.23. The summed E-state index contributed by atoms with van der Waals surface area (Å²) in [6, 6.07) is 6.04. The molecular formula is C15H15N3O4. The maximum atomic E-state index is 11.9. The van der Waals surface area contributed by atoms with E-state index < -0.39 is 10.9 Å². The number of non-ortho nitro benzene ring substituents is 1. The van der Waals surface area contributed by atoms with Gasteiger partial charge in [0.15, 0.2) is 0 Å². The molecule has 0 spiro atoms. The lowest BCUT2D eigenvalue weighted by atomic mass is 10.0. The van der Waals surface area contributed by atoms with Gasteiger partial charge in [-0.3, -0.25) is 10.1 Å². The molecule has 0 radical (unpaired) electrons. The summed E-state index contributed by atoms with van der Waals surface area (Å²) in [5.41, 5.74) is 1.15. The van der Waals surface area contributed by atoms with Gasteiger partial charge in [0.25, 0.3) is 5.69 Å². The number of rotatable bonds is 3. The largest absolute Gasteiger partial charge is 0.377 e. The van der Waals surface area contributed by atoms with E-state index in [1.54, 1.807) is 18.3 Å². The van der Waals surface area contributed by atoms with Crippen LogP contribution in [0.1, 0.15) is 24.8 Å². The Balaban J connectivity index is 1.91. The van der Waals surface area contributed by atoms with E-state index >= 15 is 0 Å². The van der Waals surface area contributed by atoms with Crippen LogP contribution in [-0.2, 0) is 9.63 Å². The molecule has 114 valence electrons. The summed E-state index contributed by atoms with van der Waals surface area (Å²) in [5.74, 6) is -0.521. The van der Waals surface area contributed by atoms with Gasteiger partial charge < -0.3 is 9.74 Å². The number of carbonyl (C=O) groups excluding carboxylic acids is 1. The number of carbonyl (C=O) groups is 1. The molecule has 0 N–H and O–H groups in total. The Hall–Kier alpha value is -2.70. The summed E-state index contributed by atoms with van der Waals surface area (Å²) >= 11 is 0. The second-order valence-corrected chi connectivity index (χ2v) is 5.27. The van der Waals surface area contributed by atoms with Gasteiger partial charge >= 0.3 is 5.97 Å². The maximum absolute atomic E-state index is 11.9. The summed E-state index contributed by atoms with van der Waals surface area (Å²) in [6.45, 7) is 1.78. The van der Waals surface area contributed by atoms with Crippen LogP contribution in [0.15, 0.2) is 41.2 Å². The lowest BCUT2D eigenvalue weighted by molar-refractivity contribution is -0.384. The van der Waals surface area contributed by atoms with Gasteiger partial charge in [-0.25, -0.2) is 4.79 Å². The third kappa shape index (κ3) is 2.83. The maximum Gasteiger partial charge on any atom is 0.369 e. The van der Waals surface area contributed by atoms with Crippen LogP contribution in [0.4, 0.5) is 5.69 Å². The van der Waals surface area contributed by atoms with Crippen molar-refractivity contribution in [2.45, 2.75) is 19.3 Å². The van der Waals surface area contributed by atoms with Crippen molar-refractivity contribution in [2.24, 2.45) is 5.16 Å². The van der Waals surface area contributed by atoms with Crippen molar-refractivity contribution in [2.75, 3.05) is 13.1 Å². The Labute approximate surface area is 127 Å². The van der Waals surface area contributed by atoms with Crippen molar-refractivity contribution in [3.8, 4) is 0 Å². The number of piperidine rings is 1. The zero-order chi connectivity index (χ0) is 15.5. The van der Waals surface area contributed by atoms with Crippen molar-refractivity contribution in [1.29, 1.82) is 0 Å². The molecule has 22 heavy (non-hydrogen) atoms. The first-order chi connectivity index (χ1) is 10.6. The van der Waals surface area contributed by atoms with Crippen LogP contribution in [0.2, 0.25) is 0 Å². The number of hydrogen-bond donors (Lipinski definition) is 0. The van der Waals surface area contributed by atoms with Crippen LogP contribution in [0.3, 0.4) is 0 Å². The molecule has 1 fully saturated rings. The van der Waals surface area contributed by atoms with Gasteiger partial charge in [-0.05, 0) is 19.3 Å². The van der Waals surface area contributed by atoms with Gasteiger partial charge in [0.05, 0.1) is 4.92 Å².